The summed E-state index contributed by atoms with van der Waals surface area (Å²) in [4.78, 5) is 22.2. The molecule has 0 unspecified atom stereocenters. The molecule has 1 saturated heterocycles. The molecule has 1 aliphatic rings. The van der Waals surface area contributed by atoms with Crippen molar-refractivity contribution < 1.29 is 13.9 Å². The monoisotopic (exact) mass is 500 g/mol. The van der Waals surface area contributed by atoms with Crippen molar-refractivity contribution in [2.45, 2.75) is 27.3 Å². The van der Waals surface area contributed by atoms with Gasteiger partial charge < -0.3 is 24.2 Å². The molecule has 2 N–H and O–H groups in total. The first-order valence-electron chi connectivity index (χ1n) is 12.4. The van der Waals surface area contributed by atoms with E-state index in [0.29, 0.717) is 23.1 Å². The molecule has 2 aromatic carbocycles. The molecule has 0 atom stereocenters. The lowest BCUT2D eigenvalue weighted by molar-refractivity contribution is 0.0342. The predicted molar refractivity (Wildman–Crippen MR) is 145 cm³/mol. The summed E-state index contributed by atoms with van der Waals surface area (Å²) in [6.07, 6.45) is 3.33. The number of methoxy groups -OCH3 is 1. The van der Waals surface area contributed by atoms with E-state index in [1.54, 1.807) is 19.5 Å². The molecule has 8 nitrogen and oxygen atoms in total. The fraction of sp³-hybridized carbons (Fsp3) is 0.310. The zero-order valence-corrected chi connectivity index (χ0v) is 21.7. The SMILES string of the molecule is COc1cc(-c2cnc(Nc3cc(CN4CCOCC4)cc(C)c3C)o2)cc(-c2c(C)cc[nH]c2=O)c1. The summed E-state index contributed by atoms with van der Waals surface area (Å²) in [7, 11) is 1.60. The van der Waals surface area contributed by atoms with Gasteiger partial charge in [0.05, 0.1) is 32.1 Å². The third-order valence-electron chi connectivity index (χ3n) is 6.87. The Morgan fingerprint density at radius 2 is 1.84 bits per heavy atom. The van der Waals surface area contributed by atoms with Crippen molar-refractivity contribution >= 4 is 11.7 Å². The van der Waals surface area contributed by atoms with Crippen LogP contribution >= 0.6 is 0 Å². The minimum atomic E-state index is -0.151. The molecule has 3 heterocycles. The van der Waals surface area contributed by atoms with E-state index in [4.69, 9.17) is 13.9 Å². The van der Waals surface area contributed by atoms with Gasteiger partial charge in [0.15, 0.2) is 5.76 Å². The second-order valence-corrected chi connectivity index (χ2v) is 9.44. The van der Waals surface area contributed by atoms with Crippen LogP contribution in [-0.4, -0.2) is 48.3 Å². The first kappa shape index (κ1) is 24.8. The van der Waals surface area contributed by atoms with Crippen LogP contribution in [0.5, 0.6) is 5.75 Å². The molecular weight excluding hydrogens is 468 g/mol. The second-order valence-electron chi connectivity index (χ2n) is 9.44. The van der Waals surface area contributed by atoms with Crippen molar-refractivity contribution in [1.82, 2.24) is 14.9 Å². The predicted octanol–water partition coefficient (Wildman–Crippen LogP) is 5.21. The zero-order chi connectivity index (χ0) is 25.9. The number of hydrogen-bond acceptors (Lipinski definition) is 7. The number of morpholine rings is 1. The number of benzene rings is 2. The molecule has 0 amide bonds. The number of aromatic nitrogens is 2. The lowest BCUT2D eigenvalue weighted by Crippen LogP contribution is -2.35. The Kier molecular flexibility index (Phi) is 7.12. The van der Waals surface area contributed by atoms with E-state index in [9.17, 15) is 4.79 Å². The van der Waals surface area contributed by atoms with Crippen molar-refractivity contribution in [2.75, 3.05) is 38.7 Å². The number of rotatable bonds is 7. The van der Waals surface area contributed by atoms with Crippen LogP contribution in [0.25, 0.3) is 22.5 Å². The summed E-state index contributed by atoms with van der Waals surface area (Å²) < 4.78 is 17.1. The van der Waals surface area contributed by atoms with E-state index in [0.717, 1.165) is 60.8 Å². The van der Waals surface area contributed by atoms with Crippen LogP contribution in [0, 0.1) is 20.8 Å². The normalized spacial score (nSPS) is 14.1. The molecule has 0 saturated carbocycles. The Bertz CT molecular complexity index is 1470. The maximum absolute atomic E-state index is 12.6. The maximum Gasteiger partial charge on any atom is 0.299 e. The Hall–Kier alpha value is -3.88. The number of aromatic amines is 1. The van der Waals surface area contributed by atoms with E-state index in [1.165, 1.54) is 11.1 Å². The molecular formula is C29H32N4O4. The van der Waals surface area contributed by atoms with Gasteiger partial charge in [0.1, 0.15) is 5.75 Å². The number of nitrogens with zero attached hydrogens (tertiary/aromatic N) is 2. The van der Waals surface area contributed by atoms with Gasteiger partial charge in [0.25, 0.3) is 11.6 Å². The molecule has 2 aromatic heterocycles. The Morgan fingerprint density at radius 3 is 2.59 bits per heavy atom. The molecule has 192 valence electrons. The fourth-order valence-corrected chi connectivity index (χ4v) is 4.69. The summed E-state index contributed by atoms with van der Waals surface area (Å²) in [5.41, 5.74) is 7.41. The maximum atomic E-state index is 12.6. The van der Waals surface area contributed by atoms with Gasteiger partial charge >= 0.3 is 0 Å². The lowest BCUT2D eigenvalue weighted by Gasteiger charge is -2.27. The van der Waals surface area contributed by atoms with E-state index in [2.05, 4.69) is 46.2 Å². The number of oxazole rings is 1. The van der Waals surface area contributed by atoms with Crippen LogP contribution in [0.15, 0.2) is 58.0 Å². The fourth-order valence-electron chi connectivity index (χ4n) is 4.69. The summed E-state index contributed by atoms with van der Waals surface area (Å²) in [5, 5.41) is 3.37. The Morgan fingerprint density at radius 1 is 1.05 bits per heavy atom. The highest BCUT2D eigenvalue weighted by Gasteiger charge is 2.16. The molecule has 0 bridgehead atoms. The molecule has 0 spiro atoms. The molecule has 5 rings (SSSR count). The average molecular weight is 501 g/mol. The van der Waals surface area contributed by atoms with Crippen LogP contribution in [0.2, 0.25) is 0 Å². The van der Waals surface area contributed by atoms with E-state index >= 15 is 0 Å². The van der Waals surface area contributed by atoms with Gasteiger partial charge in [-0.1, -0.05) is 6.07 Å². The minimum absolute atomic E-state index is 0.151. The minimum Gasteiger partial charge on any atom is -0.497 e. The van der Waals surface area contributed by atoms with E-state index in [1.807, 2.05) is 31.2 Å². The number of nitrogens with one attached hydrogen (secondary N) is 2. The highest BCUT2D eigenvalue weighted by atomic mass is 16.5. The van der Waals surface area contributed by atoms with Gasteiger partial charge in [-0.25, -0.2) is 4.98 Å². The first-order chi connectivity index (χ1) is 17.9. The third-order valence-corrected chi connectivity index (χ3v) is 6.87. The summed E-state index contributed by atoms with van der Waals surface area (Å²) in [6.45, 7) is 10.4. The quantitative estimate of drug-likeness (QED) is 0.360. The summed E-state index contributed by atoms with van der Waals surface area (Å²) in [5.74, 6) is 1.20. The van der Waals surface area contributed by atoms with Crippen molar-refractivity contribution in [2.24, 2.45) is 0 Å². The highest BCUT2D eigenvalue weighted by molar-refractivity contribution is 5.75. The van der Waals surface area contributed by atoms with Crippen LogP contribution < -0.4 is 15.6 Å². The van der Waals surface area contributed by atoms with Crippen LogP contribution in [0.3, 0.4) is 0 Å². The molecule has 8 heteroatoms. The first-order valence-corrected chi connectivity index (χ1v) is 12.4. The van der Waals surface area contributed by atoms with E-state index < -0.39 is 0 Å². The van der Waals surface area contributed by atoms with Crippen molar-refractivity contribution in [3.8, 4) is 28.2 Å². The molecule has 1 fully saturated rings. The van der Waals surface area contributed by atoms with Crippen LogP contribution in [-0.2, 0) is 11.3 Å². The van der Waals surface area contributed by atoms with Crippen molar-refractivity contribution in [1.29, 1.82) is 0 Å². The smallest absolute Gasteiger partial charge is 0.299 e. The zero-order valence-electron chi connectivity index (χ0n) is 21.7. The Labute approximate surface area is 216 Å². The molecule has 0 radical (unpaired) electrons. The molecule has 0 aliphatic carbocycles. The van der Waals surface area contributed by atoms with Gasteiger partial charge in [-0.3, -0.25) is 9.69 Å². The summed E-state index contributed by atoms with van der Waals surface area (Å²) in [6, 6.07) is 12.3. The van der Waals surface area contributed by atoms with Gasteiger partial charge in [-0.15, -0.1) is 0 Å². The van der Waals surface area contributed by atoms with Gasteiger partial charge in [-0.05, 0) is 78.9 Å². The van der Waals surface area contributed by atoms with Gasteiger partial charge in [0, 0.05) is 37.1 Å². The molecule has 37 heavy (non-hydrogen) atoms. The number of aryl methyl sites for hydroxylation is 2. The highest BCUT2D eigenvalue weighted by Crippen LogP contribution is 2.33. The van der Waals surface area contributed by atoms with Crippen LogP contribution in [0.4, 0.5) is 11.7 Å². The molecule has 1 aliphatic heterocycles. The van der Waals surface area contributed by atoms with Crippen molar-refractivity contribution in [3.63, 3.8) is 0 Å². The number of pyridine rings is 1. The van der Waals surface area contributed by atoms with Gasteiger partial charge in [0.2, 0.25) is 0 Å². The number of ether oxygens (including phenoxy) is 2. The van der Waals surface area contributed by atoms with Crippen LogP contribution in [0.1, 0.15) is 22.3 Å². The third kappa shape index (κ3) is 5.45. The Balaban J connectivity index is 1.43. The average Bonchev–Trinajstić information content (AvgIpc) is 3.36. The van der Waals surface area contributed by atoms with Crippen molar-refractivity contribution in [3.05, 3.63) is 81.4 Å². The standard InChI is InChI=1S/C29H32N4O4/c1-18-5-6-30-28(34)27(18)23-13-22(14-24(15-23)35-4)26-16-31-29(37-26)32-25-12-21(11-19(2)20(25)3)17-33-7-9-36-10-8-33/h5-6,11-16H,7-10,17H2,1-4H3,(H,30,34)(H,31,32). The topological polar surface area (TPSA) is 92.6 Å². The second kappa shape index (κ2) is 10.6. The number of anilines is 2. The largest absolute Gasteiger partial charge is 0.497 e. The number of hydrogen-bond donors (Lipinski definition) is 2. The molecule has 4 aromatic rings. The van der Waals surface area contributed by atoms with Gasteiger partial charge in [-0.2, -0.15) is 0 Å². The summed E-state index contributed by atoms with van der Waals surface area (Å²) >= 11 is 0. The number of H-pyrrole nitrogens is 1. The van der Waals surface area contributed by atoms with E-state index in [-0.39, 0.29) is 5.56 Å². The lowest BCUT2D eigenvalue weighted by atomic mass is 9.99.